The highest BCUT2D eigenvalue weighted by molar-refractivity contribution is 5.83. The highest BCUT2D eigenvalue weighted by Crippen LogP contribution is 2.28. The first-order valence-electron chi connectivity index (χ1n) is 7.71. The second kappa shape index (κ2) is 6.22. The number of rotatable bonds is 2. The molecule has 2 aliphatic heterocycles. The van der Waals surface area contributed by atoms with Gasteiger partial charge in [0.25, 0.3) is 0 Å². The van der Waals surface area contributed by atoms with Gasteiger partial charge in [0.2, 0.25) is 0 Å². The van der Waals surface area contributed by atoms with Crippen LogP contribution in [0, 0.1) is 5.92 Å². The fourth-order valence-electron chi connectivity index (χ4n) is 3.50. The van der Waals surface area contributed by atoms with Crippen molar-refractivity contribution in [3.8, 4) is 0 Å². The fraction of sp³-hybridized carbons (Fsp3) is 0.867. The van der Waals surface area contributed by atoms with Crippen LogP contribution in [-0.4, -0.2) is 65.3 Å². The lowest BCUT2D eigenvalue weighted by Crippen LogP contribution is -2.59. The quantitative estimate of drug-likeness (QED) is 0.844. The Morgan fingerprint density at radius 3 is 2.62 bits per heavy atom. The molecule has 6 nitrogen and oxygen atoms in total. The van der Waals surface area contributed by atoms with Crippen LogP contribution < -0.4 is 0 Å². The molecule has 2 fully saturated rings. The van der Waals surface area contributed by atoms with Gasteiger partial charge < -0.3 is 19.6 Å². The van der Waals surface area contributed by atoms with Crippen LogP contribution in [0.15, 0.2) is 0 Å². The highest BCUT2D eigenvalue weighted by Gasteiger charge is 2.41. The van der Waals surface area contributed by atoms with Crippen molar-refractivity contribution in [2.24, 2.45) is 5.92 Å². The maximum Gasteiger partial charge on any atom is 0.326 e. The van der Waals surface area contributed by atoms with Crippen molar-refractivity contribution in [2.45, 2.75) is 51.2 Å². The maximum absolute atomic E-state index is 12.8. The molecule has 21 heavy (non-hydrogen) atoms. The van der Waals surface area contributed by atoms with Crippen LogP contribution in [0.1, 0.15) is 39.5 Å². The molecule has 3 atom stereocenters. The lowest BCUT2D eigenvalue weighted by molar-refractivity contribution is -0.145. The van der Waals surface area contributed by atoms with Gasteiger partial charge in [-0.25, -0.2) is 9.59 Å². The molecule has 2 rings (SSSR count). The molecule has 2 aliphatic rings. The number of carbonyl (C=O) groups excluding carboxylic acids is 1. The van der Waals surface area contributed by atoms with E-state index < -0.39 is 12.0 Å². The van der Waals surface area contributed by atoms with E-state index in [2.05, 4.69) is 0 Å². The van der Waals surface area contributed by atoms with Crippen LogP contribution in [0.25, 0.3) is 0 Å². The Morgan fingerprint density at radius 2 is 2.00 bits per heavy atom. The van der Waals surface area contributed by atoms with Gasteiger partial charge in [-0.05, 0) is 38.5 Å². The van der Waals surface area contributed by atoms with Crippen molar-refractivity contribution in [1.82, 2.24) is 9.80 Å². The highest BCUT2D eigenvalue weighted by atomic mass is 16.5. The Balaban J connectivity index is 2.12. The minimum absolute atomic E-state index is 0.00111. The lowest BCUT2D eigenvalue weighted by atomic mass is 9.90. The van der Waals surface area contributed by atoms with Crippen molar-refractivity contribution >= 4 is 12.0 Å². The molecule has 0 aliphatic carbocycles. The smallest absolute Gasteiger partial charge is 0.326 e. The Morgan fingerprint density at radius 1 is 1.29 bits per heavy atom. The average Bonchev–Trinajstić information content (AvgIpc) is 2.46. The summed E-state index contributed by atoms with van der Waals surface area (Å²) >= 11 is 0. The van der Waals surface area contributed by atoms with E-state index in [1.54, 1.807) is 12.0 Å². The molecule has 6 heteroatoms. The van der Waals surface area contributed by atoms with Crippen molar-refractivity contribution in [3.05, 3.63) is 0 Å². The molecule has 2 heterocycles. The standard InChI is InChI=1S/C15H26N2O4/c1-11-6-4-9-17(12(11)13(18)19)14(20)16-8-5-7-15(2,10-16)21-3/h11-12H,4-10H2,1-3H3,(H,18,19). The molecular formula is C15H26N2O4. The summed E-state index contributed by atoms with van der Waals surface area (Å²) < 4.78 is 5.51. The van der Waals surface area contributed by atoms with Crippen LogP contribution in [-0.2, 0) is 9.53 Å². The Labute approximate surface area is 126 Å². The normalized spacial score (nSPS) is 33.9. The molecule has 3 unspecified atom stereocenters. The number of carboxylic acids is 1. The first-order valence-corrected chi connectivity index (χ1v) is 7.71. The predicted molar refractivity (Wildman–Crippen MR) is 78.1 cm³/mol. The molecule has 2 amide bonds. The number of nitrogens with zero attached hydrogens (tertiary/aromatic N) is 2. The molecule has 1 N–H and O–H groups in total. The average molecular weight is 298 g/mol. The van der Waals surface area contributed by atoms with Gasteiger partial charge in [0.05, 0.1) is 12.1 Å². The molecule has 120 valence electrons. The molecular weight excluding hydrogens is 272 g/mol. The van der Waals surface area contributed by atoms with Gasteiger partial charge in [-0.3, -0.25) is 0 Å². The molecule has 0 radical (unpaired) electrons. The minimum atomic E-state index is -0.901. The van der Waals surface area contributed by atoms with Gasteiger partial charge >= 0.3 is 12.0 Å². The number of methoxy groups -OCH3 is 1. The van der Waals surface area contributed by atoms with E-state index >= 15 is 0 Å². The summed E-state index contributed by atoms with van der Waals surface area (Å²) in [6.07, 6.45) is 3.53. The number of ether oxygens (including phenoxy) is 1. The van der Waals surface area contributed by atoms with Gasteiger partial charge in [0.1, 0.15) is 6.04 Å². The summed E-state index contributed by atoms with van der Waals surface area (Å²) in [7, 11) is 1.66. The first-order chi connectivity index (χ1) is 9.88. The second-order valence-electron chi connectivity index (χ2n) is 6.56. The summed E-state index contributed by atoms with van der Waals surface area (Å²) in [5.74, 6) is -0.902. The summed E-state index contributed by atoms with van der Waals surface area (Å²) in [5.41, 5.74) is -0.325. The molecule has 0 saturated carbocycles. The van der Waals surface area contributed by atoms with Crippen molar-refractivity contribution in [3.63, 3.8) is 0 Å². The number of carboxylic acid groups (broad SMARTS) is 1. The monoisotopic (exact) mass is 298 g/mol. The van der Waals surface area contributed by atoms with E-state index in [9.17, 15) is 14.7 Å². The predicted octanol–water partition coefficient (Wildman–Crippen LogP) is 1.79. The second-order valence-corrected chi connectivity index (χ2v) is 6.56. The topological polar surface area (TPSA) is 70.1 Å². The van der Waals surface area contributed by atoms with Crippen molar-refractivity contribution in [1.29, 1.82) is 0 Å². The zero-order valence-corrected chi connectivity index (χ0v) is 13.2. The van der Waals surface area contributed by atoms with Crippen LogP contribution in [0.2, 0.25) is 0 Å². The van der Waals surface area contributed by atoms with E-state index in [1.165, 1.54) is 4.90 Å². The zero-order valence-electron chi connectivity index (χ0n) is 13.2. The third kappa shape index (κ3) is 3.31. The lowest BCUT2D eigenvalue weighted by Gasteiger charge is -2.44. The number of amides is 2. The summed E-state index contributed by atoms with van der Waals surface area (Å²) in [5, 5.41) is 9.44. The number of urea groups is 1. The Kier molecular flexibility index (Phi) is 4.76. The summed E-state index contributed by atoms with van der Waals surface area (Å²) in [6, 6.07) is -0.862. The molecule has 0 aromatic heterocycles. The van der Waals surface area contributed by atoms with Gasteiger partial charge in [-0.15, -0.1) is 0 Å². The van der Waals surface area contributed by atoms with E-state index in [0.717, 1.165) is 25.7 Å². The number of hydrogen-bond donors (Lipinski definition) is 1. The molecule has 2 saturated heterocycles. The van der Waals surface area contributed by atoms with Crippen LogP contribution in [0.3, 0.4) is 0 Å². The van der Waals surface area contributed by atoms with Gasteiger partial charge in [-0.1, -0.05) is 6.92 Å². The minimum Gasteiger partial charge on any atom is -0.480 e. The van der Waals surface area contributed by atoms with Gasteiger partial charge in [-0.2, -0.15) is 0 Å². The van der Waals surface area contributed by atoms with Crippen molar-refractivity contribution < 1.29 is 19.4 Å². The van der Waals surface area contributed by atoms with Crippen LogP contribution >= 0.6 is 0 Å². The van der Waals surface area contributed by atoms with E-state index in [-0.39, 0.29) is 17.6 Å². The maximum atomic E-state index is 12.8. The van der Waals surface area contributed by atoms with Crippen molar-refractivity contribution in [2.75, 3.05) is 26.7 Å². The van der Waals surface area contributed by atoms with E-state index in [4.69, 9.17) is 4.74 Å². The Hall–Kier alpha value is -1.30. The summed E-state index contributed by atoms with van der Waals surface area (Å²) in [6.45, 7) is 5.64. The number of aliphatic carboxylic acids is 1. The van der Waals surface area contributed by atoms with Crippen LogP contribution in [0.4, 0.5) is 4.79 Å². The number of piperidine rings is 2. The number of hydrogen-bond acceptors (Lipinski definition) is 3. The van der Waals surface area contributed by atoms with E-state index in [1.807, 2.05) is 13.8 Å². The SMILES string of the molecule is COC1(C)CCCN(C(=O)N2CCCC(C)C2C(=O)O)C1. The molecule has 0 bridgehead atoms. The third-order valence-corrected chi connectivity index (χ3v) is 4.85. The fourth-order valence-corrected chi connectivity index (χ4v) is 3.50. The van der Waals surface area contributed by atoms with E-state index in [0.29, 0.717) is 19.6 Å². The number of carbonyl (C=O) groups is 2. The molecule has 0 spiro atoms. The molecule has 0 aromatic carbocycles. The third-order valence-electron chi connectivity index (χ3n) is 4.85. The zero-order chi connectivity index (χ0) is 15.6. The van der Waals surface area contributed by atoms with Gasteiger partial charge in [0, 0.05) is 20.2 Å². The first kappa shape index (κ1) is 16.1. The summed E-state index contributed by atoms with van der Waals surface area (Å²) in [4.78, 5) is 27.5. The largest absolute Gasteiger partial charge is 0.480 e. The van der Waals surface area contributed by atoms with Crippen LogP contribution in [0.5, 0.6) is 0 Å². The molecule has 0 aromatic rings. The number of likely N-dealkylation sites (tertiary alicyclic amines) is 2. The Bertz CT molecular complexity index is 414. The van der Waals surface area contributed by atoms with Gasteiger partial charge in [0.15, 0.2) is 0 Å².